The Kier molecular flexibility index (Phi) is 5.59. The third-order valence-corrected chi connectivity index (χ3v) is 4.43. The van der Waals surface area contributed by atoms with Crippen molar-refractivity contribution in [3.8, 4) is 0 Å². The van der Waals surface area contributed by atoms with Crippen LogP contribution in [0.5, 0.6) is 0 Å². The number of para-hydroxylation sites is 1. The van der Waals surface area contributed by atoms with Gasteiger partial charge in [-0.05, 0) is 25.0 Å². The number of piperidine rings is 1. The van der Waals surface area contributed by atoms with Gasteiger partial charge in [-0.25, -0.2) is 0 Å². The summed E-state index contributed by atoms with van der Waals surface area (Å²) in [7, 11) is 1.77. The Labute approximate surface area is 146 Å². The Morgan fingerprint density at radius 1 is 1.42 bits per heavy atom. The van der Waals surface area contributed by atoms with E-state index in [1.807, 2.05) is 24.3 Å². The molecule has 0 radical (unpaired) electrons. The summed E-state index contributed by atoms with van der Waals surface area (Å²) in [6.07, 6.45) is 3.78. The molecule has 2 N–H and O–H groups in total. The number of guanidine groups is 1. The zero-order chi connectivity index (χ0) is 16.8. The summed E-state index contributed by atoms with van der Waals surface area (Å²) < 4.78 is 4.84. The van der Waals surface area contributed by atoms with Crippen LogP contribution in [-0.4, -0.2) is 37.3 Å². The Bertz CT molecular complexity index is 673. The van der Waals surface area contributed by atoms with Gasteiger partial charge in [-0.15, -0.1) is 0 Å². The van der Waals surface area contributed by atoms with Crippen molar-refractivity contribution in [2.45, 2.75) is 25.4 Å². The van der Waals surface area contributed by atoms with Crippen LogP contribution in [0.25, 0.3) is 0 Å². The first-order chi connectivity index (χ1) is 11.8. The lowest BCUT2D eigenvalue weighted by Gasteiger charge is -2.35. The second kappa shape index (κ2) is 8.06. The van der Waals surface area contributed by atoms with E-state index >= 15 is 0 Å². The van der Waals surface area contributed by atoms with Gasteiger partial charge >= 0.3 is 0 Å². The molecule has 7 heteroatoms. The number of anilines is 1. The maximum atomic E-state index is 6.33. The van der Waals surface area contributed by atoms with Crippen molar-refractivity contribution in [1.29, 1.82) is 0 Å². The predicted octanol–water partition coefficient (Wildman–Crippen LogP) is 2.66. The average Bonchev–Trinajstić information content (AvgIpc) is 3.13. The van der Waals surface area contributed by atoms with Crippen molar-refractivity contribution in [2.75, 3.05) is 25.0 Å². The zero-order valence-corrected chi connectivity index (χ0v) is 14.5. The molecule has 0 amide bonds. The fraction of sp³-hybridized carbons (Fsp3) is 0.412. The van der Waals surface area contributed by atoms with E-state index in [9.17, 15) is 0 Å². The number of rotatable bonds is 4. The second-order valence-corrected chi connectivity index (χ2v) is 6.20. The number of nitrogens with one attached hydrogen (secondary N) is 2. The van der Waals surface area contributed by atoms with Crippen LogP contribution in [-0.2, 0) is 6.54 Å². The summed E-state index contributed by atoms with van der Waals surface area (Å²) in [6, 6.07) is 10.1. The van der Waals surface area contributed by atoms with Crippen molar-refractivity contribution in [3.63, 3.8) is 0 Å². The van der Waals surface area contributed by atoms with Crippen LogP contribution in [0.1, 0.15) is 18.5 Å². The summed E-state index contributed by atoms with van der Waals surface area (Å²) in [5.41, 5.74) is 1.94. The molecule has 0 aliphatic carbocycles. The van der Waals surface area contributed by atoms with Gasteiger partial charge in [0.2, 0.25) is 0 Å². The number of aromatic nitrogens is 1. The third-order valence-electron chi connectivity index (χ3n) is 4.11. The Morgan fingerprint density at radius 3 is 3.04 bits per heavy atom. The minimum absolute atomic E-state index is 0.318. The van der Waals surface area contributed by atoms with E-state index < -0.39 is 0 Å². The monoisotopic (exact) mass is 347 g/mol. The maximum absolute atomic E-state index is 6.33. The van der Waals surface area contributed by atoms with Crippen molar-refractivity contribution >= 4 is 23.2 Å². The molecule has 0 bridgehead atoms. The molecule has 2 heterocycles. The second-order valence-electron chi connectivity index (χ2n) is 5.80. The molecule has 24 heavy (non-hydrogen) atoms. The lowest BCUT2D eigenvalue weighted by atomic mass is 10.0. The van der Waals surface area contributed by atoms with Crippen LogP contribution < -0.4 is 15.5 Å². The van der Waals surface area contributed by atoms with E-state index in [0.717, 1.165) is 48.3 Å². The molecule has 2 aromatic rings. The summed E-state index contributed by atoms with van der Waals surface area (Å²) in [5, 5.41) is 11.4. The van der Waals surface area contributed by atoms with Gasteiger partial charge in [-0.1, -0.05) is 28.9 Å². The lowest BCUT2D eigenvalue weighted by molar-refractivity contribution is 0.410. The number of benzene rings is 1. The molecule has 128 valence electrons. The highest BCUT2D eigenvalue weighted by Crippen LogP contribution is 2.27. The van der Waals surface area contributed by atoms with Gasteiger partial charge in [-0.2, -0.15) is 0 Å². The Morgan fingerprint density at radius 2 is 2.29 bits per heavy atom. The summed E-state index contributed by atoms with van der Waals surface area (Å²) in [4.78, 5) is 6.62. The minimum Gasteiger partial charge on any atom is -0.368 e. The molecule has 1 aromatic carbocycles. The van der Waals surface area contributed by atoms with Crippen LogP contribution in [0.3, 0.4) is 0 Å². The third kappa shape index (κ3) is 4.20. The Hall–Kier alpha value is -2.21. The van der Waals surface area contributed by atoms with E-state index in [4.69, 9.17) is 16.1 Å². The number of hydrogen-bond acceptors (Lipinski definition) is 4. The van der Waals surface area contributed by atoms with Crippen LogP contribution in [0.2, 0.25) is 5.02 Å². The first kappa shape index (κ1) is 16.6. The molecule has 3 rings (SSSR count). The van der Waals surface area contributed by atoms with Crippen molar-refractivity contribution < 1.29 is 4.52 Å². The highest BCUT2D eigenvalue weighted by atomic mass is 35.5. The topological polar surface area (TPSA) is 65.7 Å². The molecule has 1 aliphatic rings. The molecule has 0 unspecified atom stereocenters. The fourth-order valence-corrected chi connectivity index (χ4v) is 3.17. The van der Waals surface area contributed by atoms with E-state index in [0.29, 0.717) is 12.6 Å². The molecule has 0 saturated carbocycles. The van der Waals surface area contributed by atoms with E-state index in [2.05, 4.69) is 31.7 Å². The van der Waals surface area contributed by atoms with Crippen molar-refractivity contribution in [2.24, 2.45) is 4.99 Å². The SMILES string of the molecule is CN=C(NCc1ccon1)N[C@@H]1CCCN(c2ccccc2Cl)C1. The number of nitrogens with zero attached hydrogens (tertiary/aromatic N) is 3. The highest BCUT2D eigenvalue weighted by molar-refractivity contribution is 6.33. The van der Waals surface area contributed by atoms with Crippen LogP contribution in [0, 0.1) is 0 Å². The zero-order valence-electron chi connectivity index (χ0n) is 13.7. The molecule has 1 aromatic heterocycles. The first-order valence-electron chi connectivity index (χ1n) is 8.12. The van der Waals surface area contributed by atoms with Gasteiger partial charge in [0, 0.05) is 32.2 Å². The molecule has 6 nitrogen and oxygen atoms in total. The van der Waals surface area contributed by atoms with Gasteiger partial charge in [-0.3, -0.25) is 4.99 Å². The maximum Gasteiger partial charge on any atom is 0.191 e. The Balaban J connectivity index is 1.57. The standard InChI is InChI=1S/C17H22ClN5O/c1-19-17(20-11-13-8-10-24-22-13)21-14-5-4-9-23(12-14)16-7-3-2-6-15(16)18/h2-3,6-8,10,14H,4-5,9,11-12H2,1H3,(H2,19,20,21)/t14-/m1/s1. The van der Waals surface area contributed by atoms with Crippen molar-refractivity contribution in [1.82, 2.24) is 15.8 Å². The largest absolute Gasteiger partial charge is 0.368 e. The van der Waals surface area contributed by atoms with Crippen LogP contribution in [0.4, 0.5) is 5.69 Å². The molecule has 0 spiro atoms. The van der Waals surface area contributed by atoms with Gasteiger partial charge in [0.25, 0.3) is 0 Å². The molecular weight excluding hydrogens is 326 g/mol. The smallest absolute Gasteiger partial charge is 0.191 e. The number of hydrogen-bond donors (Lipinski definition) is 2. The lowest BCUT2D eigenvalue weighted by Crippen LogP contribution is -2.51. The predicted molar refractivity (Wildman–Crippen MR) is 96.5 cm³/mol. The molecule has 1 fully saturated rings. The minimum atomic E-state index is 0.318. The van der Waals surface area contributed by atoms with Gasteiger partial charge < -0.3 is 20.1 Å². The van der Waals surface area contributed by atoms with Crippen LogP contribution >= 0.6 is 11.6 Å². The summed E-state index contributed by atoms with van der Waals surface area (Å²) in [6.45, 7) is 2.50. The highest BCUT2D eigenvalue weighted by Gasteiger charge is 2.22. The van der Waals surface area contributed by atoms with Gasteiger partial charge in [0.1, 0.15) is 12.0 Å². The molecular formula is C17H22ClN5O. The number of aliphatic imine (C=N–C) groups is 1. The molecule has 1 aliphatic heterocycles. The fourth-order valence-electron chi connectivity index (χ4n) is 2.91. The van der Waals surface area contributed by atoms with Gasteiger partial charge in [0.05, 0.1) is 17.3 Å². The average molecular weight is 348 g/mol. The van der Waals surface area contributed by atoms with Gasteiger partial charge in [0.15, 0.2) is 5.96 Å². The molecule has 1 atom stereocenters. The summed E-state index contributed by atoms with van der Waals surface area (Å²) in [5.74, 6) is 0.768. The quantitative estimate of drug-likeness (QED) is 0.657. The van der Waals surface area contributed by atoms with Crippen molar-refractivity contribution in [3.05, 3.63) is 47.3 Å². The first-order valence-corrected chi connectivity index (χ1v) is 8.50. The summed E-state index contributed by atoms with van der Waals surface area (Å²) >= 11 is 6.33. The van der Waals surface area contributed by atoms with E-state index in [1.54, 1.807) is 13.3 Å². The van der Waals surface area contributed by atoms with E-state index in [-0.39, 0.29) is 0 Å². The van der Waals surface area contributed by atoms with E-state index in [1.165, 1.54) is 0 Å². The normalized spacial score (nSPS) is 18.5. The molecule has 1 saturated heterocycles. The van der Waals surface area contributed by atoms with Crippen LogP contribution in [0.15, 0.2) is 46.1 Å². The number of halogens is 1.